The van der Waals surface area contributed by atoms with E-state index in [-0.39, 0.29) is 0 Å². The van der Waals surface area contributed by atoms with Crippen LogP contribution in [-0.4, -0.2) is 40.6 Å². The van der Waals surface area contributed by atoms with Gasteiger partial charge in [0.15, 0.2) is 0 Å². The molecule has 1 aromatic heterocycles. The van der Waals surface area contributed by atoms with Gasteiger partial charge in [-0.2, -0.15) is 0 Å². The maximum absolute atomic E-state index is 4.33. The van der Waals surface area contributed by atoms with Crippen molar-refractivity contribution >= 4 is 0 Å². The largest absolute Gasteiger partial charge is 0.334 e. The van der Waals surface area contributed by atoms with Gasteiger partial charge in [0.05, 0.1) is 6.54 Å². The molecular formula is C12H24N4. The van der Waals surface area contributed by atoms with Gasteiger partial charge in [0, 0.05) is 32.0 Å². The van der Waals surface area contributed by atoms with Crippen LogP contribution in [0, 0.1) is 0 Å². The maximum Gasteiger partial charge on any atom is 0.122 e. The third-order valence-electron chi connectivity index (χ3n) is 2.92. The molecule has 0 saturated carbocycles. The first-order valence-corrected chi connectivity index (χ1v) is 6.24. The van der Waals surface area contributed by atoms with Gasteiger partial charge >= 0.3 is 0 Å². The fraction of sp³-hybridized carbons (Fsp3) is 0.750. The lowest BCUT2D eigenvalue weighted by Crippen LogP contribution is -2.32. The van der Waals surface area contributed by atoms with Gasteiger partial charge in [-0.1, -0.05) is 13.8 Å². The molecule has 4 heteroatoms. The third-order valence-corrected chi connectivity index (χ3v) is 2.92. The third kappa shape index (κ3) is 3.94. The Morgan fingerprint density at radius 3 is 2.69 bits per heavy atom. The van der Waals surface area contributed by atoms with Crippen LogP contribution in [0.5, 0.6) is 0 Å². The topological polar surface area (TPSA) is 33.1 Å². The number of aromatic nitrogens is 2. The van der Waals surface area contributed by atoms with E-state index < -0.39 is 0 Å². The van der Waals surface area contributed by atoms with E-state index in [0.717, 1.165) is 45.1 Å². The molecule has 0 saturated heterocycles. The van der Waals surface area contributed by atoms with Crippen molar-refractivity contribution in [2.75, 3.05) is 26.2 Å². The van der Waals surface area contributed by atoms with Crippen LogP contribution in [0.15, 0.2) is 12.4 Å². The van der Waals surface area contributed by atoms with Crippen molar-refractivity contribution in [3.63, 3.8) is 0 Å². The molecule has 0 atom stereocenters. The molecule has 0 aliphatic heterocycles. The first-order chi connectivity index (χ1) is 7.81. The Morgan fingerprint density at radius 1 is 1.31 bits per heavy atom. The lowest BCUT2D eigenvalue weighted by Gasteiger charge is -2.17. The van der Waals surface area contributed by atoms with Crippen molar-refractivity contribution in [2.45, 2.75) is 33.9 Å². The Hall–Kier alpha value is -0.870. The molecule has 0 aliphatic carbocycles. The lowest BCUT2D eigenvalue weighted by atomic mass is 10.4. The predicted molar refractivity (Wildman–Crippen MR) is 67.4 cm³/mol. The lowest BCUT2D eigenvalue weighted by molar-refractivity contribution is 0.301. The van der Waals surface area contributed by atoms with Crippen molar-refractivity contribution in [3.8, 4) is 0 Å². The summed E-state index contributed by atoms with van der Waals surface area (Å²) < 4.78 is 2.17. The zero-order valence-electron chi connectivity index (χ0n) is 10.7. The molecule has 0 amide bonds. The van der Waals surface area contributed by atoms with Crippen LogP contribution in [0.3, 0.4) is 0 Å². The highest BCUT2D eigenvalue weighted by atomic mass is 15.1. The first-order valence-electron chi connectivity index (χ1n) is 6.24. The molecular weight excluding hydrogens is 200 g/mol. The minimum atomic E-state index is 0.863. The smallest absolute Gasteiger partial charge is 0.122 e. The normalized spacial score (nSPS) is 11.2. The minimum absolute atomic E-state index is 0.863. The van der Waals surface area contributed by atoms with Gasteiger partial charge in [-0.15, -0.1) is 0 Å². The molecule has 0 unspecified atom stereocenters. The molecule has 92 valence electrons. The van der Waals surface area contributed by atoms with Gasteiger partial charge in [-0.05, 0) is 20.0 Å². The number of hydrogen-bond acceptors (Lipinski definition) is 3. The Labute approximate surface area is 98.7 Å². The maximum atomic E-state index is 4.33. The van der Waals surface area contributed by atoms with Gasteiger partial charge in [0.1, 0.15) is 5.82 Å². The van der Waals surface area contributed by atoms with Crippen molar-refractivity contribution in [1.82, 2.24) is 19.8 Å². The number of rotatable bonds is 8. The fourth-order valence-corrected chi connectivity index (χ4v) is 1.77. The summed E-state index contributed by atoms with van der Waals surface area (Å²) in [7, 11) is 0. The number of imidazole rings is 1. The van der Waals surface area contributed by atoms with E-state index in [9.17, 15) is 0 Å². The van der Waals surface area contributed by atoms with E-state index in [4.69, 9.17) is 0 Å². The highest BCUT2D eigenvalue weighted by Gasteiger charge is 2.01. The molecule has 0 bridgehead atoms. The molecule has 0 spiro atoms. The molecule has 0 aliphatic rings. The zero-order chi connectivity index (χ0) is 11.8. The fourth-order valence-electron chi connectivity index (χ4n) is 1.77. The van der Waals surface area contributed by atoms with E-state index in [2.05, 4.69) is 40.5 Å². The number of aryl methyl sites for hydroxylation is 1. The van der Waals surface area contributed by atoms with Crippen molar-refractivity contribution < 1.29 is 0 Å². The molecule has 1 N–H and O–H groups in total. The standard InChI is InChI=1S/C12H24N4/c1-4-15(5-2)9-7-13-11-12-14-8-10-16(12)6-3/h8,10,13H,4-7,9,11H2,1-3H3. The summed E-state index contributed by atoms with van der Waals surface area (Å²) in [6.45, 7) is 12.8. The van der Waals surface area contributed by atoms with E-state index in [1.807, 2.05) is 12.4 Å². The Kier molecular flexibility index (Phi) is 6.11. The molecule has 0 radical (unpaired) electrons. The monoisotopic (exact) mass is 224 g/mol. The second-order valence-electron chi connectivity index (χ2n) is 3.83. The Morgan fingerprint density at radius 2 is 2.06 bits per heavy atom. The van der Waals surface area contributed by atoms with Crippen LogP contribution in [0.4, 0.5) is 0 Å². The average molecular weight is 224 g/mol. The van der Waals surface area contributed by atoms with Crippen LogP contribution in [-0.2, 0) is 13.1 Å². The predicted octanol–water partition coefficient (Wildman–Crippen LogP) is 1.33. The van der Waals surface area contributed by atoms with Crippen molar-refractivity contribution in [3.05, 3.63) is 18.2 Å². The van der Waals surface area contributed by atoms with Crippen molar-refractivity contribution in [1.29, 1.82) is 0 Å². The summed E-state index contributed by atoms with van der Waals surface area (Å²) in [5.41, 5.74) is 0. The van der Waals surface area contributed by atoms with E-state index in [0.29, 0.717) is 0 Å². The minimum Gasteiger partial charge on any atom is -0.334 e. The SMILES string of the molecule is CCN(CC)CCNCc1nccn1CC. The van der Waals surface area contributed by atoms with Crippen LogP contribution in [0.25, 0.3) is 0 Å². The van der Waals surface area contributed by atoms with Gasteiger partial charge in [0.2, 0.25) is 0 Å². The molecule has 0 aromatic carbocycles. The van der Waals surface area contributed by atoms with Gasteiger partial charge in [-0.25, -0.2) is 4.98 Å². The van der Waals surface area contributed by atoms with Gasteiger partial charge in [0.25, 0.3) is 0 Å². The van der Waals surface area contributed by atoms with Crippen molar-refractivity contribution in [2.24, 2.45) is 0 Å². The molecule has 1 heterocycles. The molecule has 1 aromatic rings. The number of likely N-dealkylation sites (N-methyl/N-ethyl adjacent to an activating group) is 1. The van der Waals surface area contributed by atoms with Gasteiger partial charge < -0.3 is 14.8 Å². The summed E-state index contributed by atoms with van der Waals surface area (Å²) in [5.74, 6) is 1.13. The Balaban J connectivity index is 2.20. The molecule has 1 rings (SSSR count). The van der Waals surface area contributed by atoms with Crippen LogP contribution < -0.4 is 5.32 Å². The second-order valence-corrected chi connectivity index (χ2v) is 3.83. The molecule has 0 fully saturated rings. The highest BCUT2D eigenvalue weighted by molar-refractivity contribution is 4.91. The number of nitrogens with one attached hydrogen (secondary N) is 1. The summed E-state index contributed by atoms with van der Waals surface area (Å²) >= 11 is 0. The van der Waals surface area contributed by atoms with Crippen LogP contribution >= 0.6 is 0 Å². The summed E-state index contributed by atoms with van der Waals surface area (Å²) in [5, 5.41) is 3.44. The highest BCUT2D eigenvalue weighted by Crippen LogP contribution is 1.96. The second kappa shape index (κ2) is 7.41. The quantitative estimate of drug-likeness (QED) is 0.676. The van der Waals surface area contributed by atoms with E-state index in [1.54, 1.807) is 0 Å². The van der Waals surface area contributed by atoms with E-state index in [1.165, 1.54) is 0 Å². The molecule has 4 nitrogen and oxygen atoms in total. The van der Waals surface area contributed by atoms with E-state index >= 15 is 0 Å². The zero-order valence-corrected chi connectivity index (χ0v) is 10.7. The number of hydrogen-bond donors (Lipinski definition) is 1. The summed E-state index contributed by atoms with van der Waals surface area (Å²) in [4.78, 5) is 6.75. The first kappa shape index (κ1) is 13.2. The summed E-state index contributed by atoms with van der Waals surface area (Å²) in [6, 6.07) is 0. The summed E-state index contributed by atoms with van der Waals surface area (Å²) in [6.07, 6.45) is 3.90. The number of nitrogens with zero attached hydrogens (tertiary/aromatic N) is 3. The molecule has 16 heavy (non-hydrogen) atoms. The van der Waals surface area contributed by atoms with Gasteiger partial charge in [-0.3, -0.25) is 0 Å². The van der Waals surface area contributed by atoms with Crippen LogP contribution in [0.1, 0.15) is 26.6 Å². The Bertz CT molecular complexity index is 278. The van der Waals surface area contributed by atoms with Crippen LogP contribution in [0.2, 0.25) is 0 Å². The average Bonchev–Trinajstić information content (AvgIpc) is 2.77.